The second-order valence-corrected chi connectivity index (χ2v) is 10.1. The van der Waals surface area contributed by atoms with Crippen LogP contribution in [-0.2, 0) is 11.4 Å². The number of fused-ring (bicyclic) bond motifs is 1. The minimum absolute atomic E-state index is 0.0737. The lowest BCUT2D eigenvalue weighted by Crippen LogP contribution is -2.69. The van der Waals surface area contributed by atoms with Crippen molar-refractivity contribution in [3.05, 3.63) is 64.2 Å². The number of amides is 2. The third-order valence-corrected chi connectivity index (χ3v) is 7.59. The van der Waals surface area contributed by atoms with Crippen molar-refractivity contribution in [2.45, 2.75) is 44.6 Å². The van der Waals surface area contributed by atoms with Crippen molar-refractivity contribution in [2.75, 3.05) is 26.2 Å². The van der Waals surface area contributed by atoms with Gasteiger partial charge < -0.3 is 15.0 Å². The number of hydrogen-bond acceptors (Lipinski definition) is 6. The molecule has 2 aliphatic heterocycles. The van der Waals surface area contributed by atoms with Gasteiger partial charge in [-0.2, -0.15) is 5.26 Å². The lowest BCUT2D eigenvalue weighted by molar-refractivity contribution is -0.134. The van der Waals surface area contributed by atoms with Crippen molar-refractivity contribution in [1.29, 1.82) is 5.26 Å². The molecule has 1 saturated carbocycles. The van der Waals surface area contributed by atoms with Crippen LogP contribution in [0.3, 0.4) is 0 Å². The van der Waals surface area contributed by atoms with Gasteiger partial charge in [0.25, 0.3) is 5.91 Å². The quantitative estimate of drug-likeness (QED) is 0.645. The molecule has 2 aromatic rings. The number of benzene rings is 2. The van der Waals surface area contributed by atoms with Gasteiger partial charge in [0.1, 0.15) is 24.7 Å². The molecule has 0 radical (unpaired) electrons. The molecule has 3 aliphatic rings. The van der Waals surface area contributed by atoms with E-state index in [1.807, 2.05) is 18.2 Å². The van der Waals surface area contributed by atoms with Crippen LogP contribution in [0.15, 0.2) is 42.5 Å². The highest BCUT2D eigenvalue weighted by Gasteiger charge is 2.40. The number of halogens is 1. The summed E-state index contributed by atoms with van der Waals surface area (Å²) >= 11 is 6.03. The smallest absolute Gasteiger partial charge is 0.253 e. The standard InChI is InChI=1S/C27H30ClN5O3/c28-21-5-3-4-18(14-21)17-36-24-9-8-19(15-20(24)16-29)26(35)32-10-12-33(13-11-32)27-30-23-7-2-1-6-22(23)25(34)31-27/h3-5,8-9,14-15,22-23,27,30H,1-2,6-7,10-13,17H2,(H,31,34). The Kier molecular flexibility index (Phi) is 7.42. The van der Waals surface area contributed by atoms with E-state index in [9.17, 15) is 14.9 Å². The molecule has 2 saturated heterocycles. The maximum Gasteiger partial charge on any atom is 0.253 e. The van der Waals surface area contributed by atoms with Crippen LogP contribution in [0.25, 0.3) is 0 Å². The number of carbonyl (C=O) groups is 2. The second-order valence-electron chi connectivity index (χ2n) is 9.64. The fourth-order valence-corrected chi connectivity index (χ4v) is 5.57. The maximum absolute atomic E-state index is 13.2. The second kappa shape index (κ2) is 10.9. The van der Waals surface area contributed by atoms with Crippen molar-refractivity contribution in [3.63, 3.8) is 0 Å². The first kappa shape index (κ1) is 24.6. The van der Waals surface area contributed by atoms with Crippen LogP contribution in [0.4, 0.5) is 0 Å². The minimum Gasteiger partial charge on any atom is -0.488 e. The van der Waals surface area contributed by atoms with E-state index in [2.05, 4.69) is 21.6 Å². The summed E-state index contributed by atoms with van der Waals surface area (Å²) in [6.45, 7) is 2.70. The zero-order valence-electron chi connectivity index (χ0n) is 20.1. The highest BCUT2D eigenvalue weighted by atomic mass is 35.5. The number of rotatable bonds is 5. The molecule has 0 bridgehead atoms. The Balaban J connectivity index is 1.18. The molecule has 3 fully saturated rings. The summed E-state index contributed by atoms with van der Waals surface area (Å²) in [5.74, 6) is 0.535. The van der Waals surface area contributed by atoms with Crippen LogP contribution >= 0.6 is 11.6 Å². The molecule has 0 spiro atoms. The summed E-state index contributed by atoms with van der Waals surface area (Å²) < 4.78 is 5.82. The van der Waals surface area contributed by atoms with E-state index < -0.39 is 0 Å². The summed E-state index contributed by atoms with van der Waals surface area (Å²) in [6.07, 6.45) is 4.08. The van der Waals surface area contributed by atoms with Gasteiger partial charge >= 0.3 is 0 Å². The van der Waals surface area contributed by atoms with E-state index in [0.717, 1.165) is 31.2 Å². The zero-order valence-corrected chi connectivity index (χ0v) is 20.8. The summed E-state index contributed by atoms with van der Waals surface area (Å²) in [4.78, 5) is 29.8. The average Bonchev–Trinajstić information content (AvgIpc) is 2.91. The highest BCUT2D eigenvalue weighted by Crippen LogP contribution is 2.28. The predicted molar refractivity (Wildman–Crippen MR) is 135 cm³/mol. The average molecular weight is 508 g/mol. The maximum atomic E-state index is 13.2. The van der Waals surface area contributed by atoms with Crippen molar-refractivity contribution >= 4 is 23.4 Å². The molecule has 2 heterocycles. The van der Waals surface area contributed by atoms with Gasteiger partial charge in [0, 0.05) is 42.8 Å². The molecule has 9 heteroatoms. The number of nitrogens with zero attached hydrogens (tertiary/aromatic N) is 3. The Morgan fingerprint density at radius 2 is 1.92 bits per heavy atom. The monoisotopic (exact) mass is 507 g/mol. The Hall–Kier alpha value is -3.12. The summed E-state index contributed by atoms with van der Waals surface area (Å²) in [5.41, 5.74) is 1.67. The molecule has 0 aromatic heterocycles. The molecule has 188 valence electrons. The first-order chi connectivity index (χ1) is 17.5. The van der Waals surface area contributed by atoms with Gasteiger partial charge in [0.2, 0.25) is 5.91 Å². The molecule has 3 unspecified atom stereocenters. The first-order valence-corrected chi connectivity index (χ1v) is 12.9. The van der Waals surface area contributed by atoms with Gasteiger partial charge in [0.15, 0.2) is 0 Å². The molecule has 8 nitrogen and oxygen atoms in total. The van der Waals surface area contributed by atoms with Crippen molar-refractivity contribution in [1.82, 2.24) is 20.4 Å². The third-order valence-electron chi connectivity index (χ3n) is 7.35. The number of ether oxygens (including phenoxy) is 1. The van der Waals surface area contributed by atoms with Gasteiger partial charge in [-0.15, -0.1) is 0 Å². The van der Waals surface area contributed by atoms with Crippen LogP contribution in [0, 0.1) is 17.2 Å². The van der Waals surface area contributed by atoms with Crippen LogP contribution in [-0.4, -0.2) is 60.1 Å². The molecular weight excluding hydrogens is 478 g/mol. The summed E-state index contributed by atoms with van der Waals surface area (Å²) in [7, 11) is 0. The summed E-state index contributed by atoms with van der Waals surface area (Å²) in [6, 6.07) is 14.7. The number of hydrogen-bond donors (Lipinski definition) is 2. The number of piperazine rings is 1. The SMILES string of the molecule is N#Cc1cc(C(=O)N2CCN(C3NC(=O)C4CCCCC4N3)CC2)ccc1OCc1cccc(Cl)c1. The fourth-order valence-electron chi connectivity index (χ4n) is 5.36. The topological polar surface area (TPSA) is 97.7 Å². The predicted octanol–water partition coefficient (Wildman–Crippen LogP) is 3.11. The Labute approximate surface area is 216 Å². The van der Waals surface area contributed by atoms with Crippen LogP contribution in [0.2, 0.25) is 5.02 Å². The fraction of sp³-hybridized carbons (Fsp3) is 0.444. The minimum atomic E-state index is -0.185. The van der Waals surface area contributed by atoms with Gasteiger partial charge in [-0.1, -0.05) is 36.6 Å². The van der Waals surface area contributed by atoms with E-state index in [1.54, 1.807) is 29.2 Å². The molecule has 3 atom stereocenters. The molecular formula is C27H30ClN5O3. The molecule has 36 heavy (non-hydrogen) atoms. The molecule has 2 amide bonds. The molecule has 1 aliphatic carbocycles. The molecule has 2 aromatic carbocycles. The summed E-state index contributed by atoms with van der Waals surface area (Å²) in [5, 5.41) is 17.0. The van der Waals surface area contributed by atoms with E-state index in [4.69, 9.17) is 16.3 Å². The normalized spacial score (nSPS) is 24.4. The number of nitrogens with one attached hydrogen (secondary N) is 2. The third kappa shape index (κ3) is 5.34. The van der Waals surface area contributed by atoms with Crippen molar-refractivity contribution in [3.8, 4) is 11.8 Å². The van der Waals surface area contributed by atoms with Gasteiger partial charge in [-0.3, -0.25) is 19.8 Å². The lowest BCUT2D eigenvalue weighted by atomic mass is 9.82. The number of nitriles is 1. The van der Waals surface area contributed by atoms with Crippen molar-refractivity contribution in [2.24, 2.45) is 5.92 Å². The van der Waals surface area contributed by atoms with Gasteiger partial charge in [-0.25, -0.2) is 0 Å². The first-order valence-electron chi connectivity index (χ1n) is 12.5. The van der Waals surface area contributed by atoms with E-state index in [-0.39, 0.29) is 36.7 Å². The molecule has 2 N–H and O–H groups in total. The van der Waals surface area contributed by atoms with E-state index >= 15 is 0 Å². The van der Waals surface area contributed by atoms with Crippen molar-refractivity contribution < 1.29 is 14.3 Å². The zero-order chi connectivity index (χ0) is 25.1. The Morgan fingerprint density at radius 3 is 2.69 bits per heavy atom. The molecule has 5 rings (SSSR count). The lowest BCUT2D eigenvalue weighted by Gasteiger charge is -2.46. The number of carbonyl (C=O) groups excluding carboxylic acids is 2. The van der Waals surface area contributed by atoms with Crippen LogP contribution in [0.5, 0.6) is 5.75 Å². The Morgan fingerprint density at radius 1 is 1.11 bits per heavy atom. The highest BCUT2D eigenvalue weighted by molar-refractivity contribution is 6.30. The van der Waals surface area contributed by atoms with Gasteiger partial charge in [-0.05, 0) is 48.7 Å². The van der Waals surface area contributed by atoms with Crippen LogP contribution < -0.4 is 15.4 Å². The van der Waals surface area contributed by atoms with E-state index in [1.165, 1.54) is 0 Å². The van der Waals surface area contributed by atoms with Crippen LogP contribution in [0.1, 0.15) is 47.2 Å². The largest absolute Gasteiger partial charge is 0.488 e. The Bertz CT molecular complexity index is 1170. The van der Waals surface area contributed by atoms with Gasteiger partial charge in [0.05, 0.1) is 11.5 Å². The van der Waals surface area contributed by atoms with E-state index in [0.29, 0.717) is 48.1 Å².